The second-order valence-electron chi connectivity index (χ2n) is 8.71. The number of hydrogen-bond acceptors (Lipinski definition) is 6. The summed E-state index contributed by atoms with van der Waals surface area (Å²) in [6.45, 7) is 3.94. The normalized spacial score (nSPS) is 13.8. The van der Waals surface area contributed by atoms with E-state index in [2.05, 4.69) is 25.9 Å². The van der Waals surface area contributed by atoms with E-state index >= 15 is 0 Å². The lowest BCUT2D eigenvalue weighted by Crippen LogP contribution is -2.40. The number of carbonyl (C=O) groups is 2. The number of aromatic nitrogens is 1. The Morgan fingerprint density at radius 2 is 1.54 bits per heavy atom. The van der Waals surface area contributed by atoms with Crippen LogP contribution in [-0.2, 0) is 17.8 Å². The molecule has 37 heavy (non-hydrogen) atoms. The van der Waals surface area contributed by atoms with Crippen molar-refractivity contribution >= 4 is 41.0 Å². The zero-order chi connectivity index (χ0) is 26.7. The summed E-state index contributed by atoms with van der Waals surface area (Å²) in [6, 6.07) is 10.2. The molecular weight excluding hydrogens is 517 g/mol. The van der Waals surface area contributed by atoms with E-state index < -0.39 is 6.03 Å². The first-order chi connectivity index (χ1) is 17.6. The molecule has 3 amide bonds. The molecule has 0 spiro atoms. The molecular formula is C26H25Cl2N5O4. The third-order valence-corrected chi connectivity index (χ3v) is 6.59. The van der Waals surface area contributed by atoms with Crippen LogP contribution in [0.3, 0.4) is 0 Å². The van der Waals surface area contributed by atoms with Crippen LogP contribution in [0.15, 0.2) is 53.7 Å². The molecule has 192 valence electrons. The summed E-state index contributed by atoms with van der Waals surface area (Å²) in [7, 11) is 0. The summed E-state index contributed by atoms with van der Waals surface area (Å²) in [5, 5.41) is 28.5. The fourth-order valence-electron chi connectivity index (χ4n) is 3.91. The van der Waals surface area contributed by atoms with Gasteiger partial charge in [-0.15, -0.1) is 0 Å². The highest BCUT2D eigenvalue weighted by Gasteiger charge is 2.21. The highest BCUT2D eigenvalue weighted by Crippen LogP contribution is 2.28. The minimum Gasteiger partial charge on any atom is -0.506 e. The van der Waals surface area contributed by atoms with Crippen molar-refractivity contribution < 1.29 is 19.8 Å². The van der Waals surface area contributed by atoms with E-state index in [-0.39, 0.29) is 46.0 Å². The first-order valence-corrected chi connectivity index (χ1v) is 12.2. The van der Waals surface area contributed by atoms with E-state index in [1.54, 1.807) is 43.5 Å². The predicted molar refractivity (Wildman–Crippen MR) is 141 cm³/mol. The lowest BCUT2D eigenvalue weighted by molar-refractivity contribution is -0.121. The zero-order valence-corrected chi connectivity index (χ0v) is 21.6. The second kappa shape index (κ2) is 11.1. The number of benzene rings is 2. The van der Waals surface area contributed by atoms with Crippen molar-refractivity contribution in [2.45, 2.75) is 38.9 Å². The fraction of sp³-hybridized carbons (Fsp3) is 0.231. The molecule has 2 heterocycles. The van der Waals surface area contributed by atoms with Crippen molar-refractivity contribution in [3.05, 3.63) is 86.7 Å². The van der Waals surface area contributed by atoms with Gasteiger partial charge in [0.25, 0.3) is 0 Å². The summed E-state index contributed by atoms with van der Waals surface area (Å²) in [4.78, 5) is 33.8. The number of hydrogen-bond donors (Lipinski definition) is 5. The van der Waals surface area contributed by atoms with Gasteiger partial charge in [0, 0.05) is 11.8 Å². The van der Waals surface area contributed by atoms with Gasteiger partial charge in [-0.2, -0.15) is 0 Å². The molecule has 11 heteroatoms. The molecule has 0 fully saturated rings. The maximum Gasteiger partial charge on any atom is 0.320 e. The van der Waals surface area contributed by atoms with Crippen LogP contribution in [0.1, 0.15) is 53.9 Å². The average Bonchev–Trinajstić information content (AvgIpc) is 3.23. The molecule has 9 nitrogen and oxygen atoms in total. The fourth-order valence-corrected chi connectivity index (χ4v) is 4.14. The van der Waals surface area contributed by atoms with Gasteiger partial charge < -0.3 is 20.8 Å². The summed E-state index contributed by atoms with van der Waals surface area (Å²) < 4.78 is 0. The van der Waals surface area contributed by atoms with Crippen LogP contribution in [0.5, 0.6) is 11.5 Å². The van der Waals surface area contributed by atoms with Crippen molar-refractivity contribution in [1.82, 2.24) is 20.9 Å². The number of nitrogens with one attached hydrogen (secondary N) is 3. The molecule has 0 radical (unpaired) electrons. The standard InChI is InChI=1S/C26H25Cl2N5O4/c1-13(15-3-5-20(27)22(34)8-15)31-24(36)10-18-7-17-11-30-25(19(17)12-29-18)33-26(37)32-14(2)16-4-6-21(28)23(35)9-16/h3-9,12-14,34-35H,10-11H2,1-2H3,(H,31,36)(H2,30,32,33,37)/t13-,14-/m1/s1. The molecule has 0 unspecified atom stereocenters. The number of phenolic OH excluding ortho intramolecular Hbond substituents is 2. The quantitative estimate of drug-likeness (QED) is 0.312. The van der Waals surface area contributed by atoms with Crippen molar-refractivity contribution in [3.63, 3.8) is 0 Å². The minimum absolute atomic E-state index is 0.0441. The number of rotatable bonds is 6. The SMILES string of the molecule is C[C@@H](NC(=O)Cc1cc2c(cn1)C(NC(=O)N[C@H](C)c1ccc(Cl)c(O)c1)=NC2)c1ccc(Cl)c(O)c1. The number of aromatic hydroxyl groups is 2. The number of amides is 3. The molecule has 5 N–H and O–H groups in total. The van der Waals surface area contributed by atoms with Gasteiger partial charge in [-0.05, 0) is 60.9 Å². The highest BCUT2D eigenvalue weighted by atomic mass is 35.5. The Hall–Kier alpha value is -3.82. The van der Waals surface area contributed by atoms with E-state index in [0.29, 0.717) is 29.2 Å². The van der Waals surface area contributed by atoms with Crippen molar-refractivity contribution in [2.24, 2.45) is 4.99 Å². The number of pyridine rings is 1. The first-order valence-electron chi connectivity index (χ1n) is 11.5. The van der Waals surface area contributed by atoms with Gasteiger partial charge in [0.15, 0.2) is 0 Å². The van der Waals surface area contributed by atoms with Gasteiger partial charge in [-0.3, -0.25) is 20.1 Å². The van der Waals surface area contributed by atoms with Crippen LogP contribution in [0, 0.1) is 0 Å². The Kier molecular flexibility index (Phi) is 7.85. The number of nitrogens with zero attached hydrogens (tertiary/aromatic N) is 2. The van der Waals surface area contributed by atoms with Crippen molar-refractivity contribution in [1.29, 1.82) is 0 Å². The number of halogens is 2. The third-order valence-electron chi connectivity index (χ3n) is 5.95. The Morgan fingerprint density at radius 1 is 0.946 bits per heavy atom. The summed E-state index contributed by atoms with van der Waals surface area (Å²) in [5.74, 6) is 0.0561. The second-order valence-corrected chi connectivity index (χ2v) is 9.52. The van der Waals surface area contributed by atoms with Crippen LogP contribution in [0.2, 0.25) is 10.0 Å². The number of carbonyl (C=O) groups excluding carboxylic acids is 2. The van der Waals surface area contributed by atoms with Crippen LogP contribution in [0.25, 0.3) is 0 Å². The minimum atomic E-state index is -0.459. The Bertz CT molecular complexity index is 1400. The molecule has 0 saturated carbocycles. The number of amidine groups is 1. The van der Waals surface area contributed by atoms with E-state index in [4.69, 9.17) is 23.2 Å². The lowest BCUT2D eigenvalue weighted by atomic mass is 10.1. The van der Waals surface area contributed by atoms with Gasteiger partial charge in [-0.1, -0.05) is 35.3 Å². The summed E-state index contributed by atoms with van der Waals surface area (Å²) in [6.07, 6.45) is 1.65. The van der Waals surface area contributed by atoms with E-state index in [1.165, 1.54) is 12.1 Å². The summed E-state index contributed by atoms with van der Waals surface area (Å²) in [5.41, 5.74) is 3.51. The van der Waals surface area contributed by atoms with Crippen molar-refractivity contribution in [2.75, 3.05) is 0 Å². The molecule has 1 aliphatic rings. The smallest absolute Gasteiger partial charge is 0.320 e. The number of fused-ring (bicyclic) bond motifs is 1. The maximum absolute atomic E-state index is 12.6. The van der Waals surface area contributed by atoms with Crippen LogP contribution >= 0.6 is 23.2 Å². The molecule has 2 aromatic carbocycles. The molecule has 0 bridgehead atoms. The molecule has 0 saturated heterocycles. The van der Waals surface area contributed by atoms with Gasteiger partial charge in [0.2, 0.25) is 5.91 Å². The molecule has 3 aromatic rings. The largest absolute Gasteiger partial charge is 0.506 e. The predicted octanol–water partition coefficient (Wildman–Crippen LogP) is 4.54. The Balaban J connectivity index is 1.33. The lowest BCUT2D eigenvalue weighted by Gasteiger charge is -2.16. The monoisotopic (exact) mass is 541 g/mol. The number of aliphatic imine (C=N–C) groups is 1. The van der Waals surface area contributed by atoms with Gasteiger partial charge >= 0.3 is 6.03 Å². The van der Waals surface area contributed by atoms with Crippen molar-refractivity contribution in [3.8, 4) is 11.5 Å². The number of phenols is 2. The first kappa shape index (κ1) is 26.2. The third kappa shape index (κ3) is 6.31. The van der Waals surface area contributed by atoms with Crippen LogP contribution in [0.4, 0.5) is 4.79 Å². The maximum atomic E-state index is 12.6. The Labute approximate surface area is 223 Å². The zero-order valence-electron chi connectivity index (χ0n) is 20.0. The number of urea groups is 1. The molecule has 1 aliphatic heterocycles. The molecule has 2 atom stereocenters. The van der Waals surface area contributed by atoms with Gasteiger partial charge in [0.05, 0.1) is 40.8 Å². The van der Waals surface area contributed by atoms with Crippen LogP contribution < -0.4 is 16.0 Å². The highest BCUT2D eigenvalue weighted by molar-refractivity contribution is 6.32. The van der Waals surface area contributed by atoms with Gasteiger partial charge in [0.1, 0.15) is 17.3 Å². The average molecular weight is 542 g/mol. The van der Waals surface area contributed by atoms with Gasteiger partial charge in [-0.25, -0.2) is 4.79 Å². The molecule has 0 aliphatic carbocycles. The van der Waals surface area contributed by atoms with Crippen LogP contribution in [-0.4, -0.2) is 33.0 Å². The topological polar surface area (TPSA) is 136 Å². The van der Waals surface area contributed by atoms with E-state index in [1.807, 2.05) is 6.92 Å². The van der Waals surface area contributed by atoms with E-state index in [0.717, 1.165) is 11.1 Å². The summed E-state index contributed by atoms with van der Waals surface area (Å²) >= 11 is 11.7. The van der Waals surface area contributed by atoms with E-state index in [9.17, 15) is 19.8 Å². The molecule has 1 aromatic heterocycles. The Morgan fingerprint density at radius 3 is 2.14 bits per heavy atom. The molecule has 4 rings (SSSR count).